The summed E-state index contributed by atoms with van der Waals surface area (Å²) in [5.41, 5.74) is 2.74. The van der Waals surface area contributed by atoms with Gasteiger partial charge in [-0.3, -0.25) is 9.59 Å². The minimum Gasteiger partial charge on any atom is -0.484 e. The van der Waals surface area contributed by atoms with E-state index >= 15 is 0 Å². The molecule has 1 aliphatic heterocycles. The second kappa shape index (κ2) is 6.34. The number of nitrogens with one attached hydrogen (secondary N) is 2. The van der Waals surface area contributed by atoms with E-state index in [0.29, 0.717) is 25.1 Å². The lowest BCUT2D eigenvalue weighted by molar-refractivity contribution is -0.123. The van der Waals surface area contributed by atoms with Gasteiger partial charge in [-0.15, -0.1) is 0 Å². The van der Waals surface area contributed by atoms with Gasteiger partial charge in [0.1, 0.15) is 5.75 Å². The van der Waals surface area contributed by atoms with Crippen molar-refractivity contribution in [2.75, 3.05) is 11.9 Å². The third-order valence-electron chi connectivity index (χ3n) is 3.41. The maximum atomic E-state index is 11.7. The van der Waals surface area contributed by atoms with Crippen LogP contribution in [0.15, 0.2) is 41.2 Å². The molecule has 0 unspecified atom stereocenters. The second-order valence-electron chi connectivity index (χ2n) is 5.06. The third kappa shape index (κ3) is 3.46. The van der Waals surface area contributed by atoms with E-state index in [1.165, 1.54) is 0 Å². The normalized spacial score (nSPS) is 13.2. The predicted octanol–water partition coefficient (Wildman–Crippen LogP) is 1.86. The van der Waals surface area contributed by atoms with Crippen LogP contribution in [0, 0.1) is 0 Å². The van der Waals surface area contributed by atoms with E-state index in [2.05, 4.69) is 10.6 Å². The van der Waals surface area contributed by atoms with Gasteiger partial charge in [0.2, 0.25) is 5.91 Å². The molecule has 0 spiro atoms. The van der Waals surface area contributed by atoms with Crippen molar-refractivity contribution in [2.45, 2.75) is 19.4 Å². The largest absolute Gasteiger partial charge is 0.484 e. The Morgan fingerprint density at radius 2 is 2.23 bits per heavy atom. The molecular formula is C16H16N2O4. The quantitative estimate of drug-likeness (QED) is 0.883. The van der Waals surface area contributed by atoms with Gasteiger partial charge in [0.05, 0.1) is 12.5 Å². The standard InChI is InChI=1S/C16H16N2O4/c19-15-4-1-12-7-13(2-3-14(12)18-15)22-10-16(20)17-8-11-5-6-21-9-11/h2-3,5-7,9H,1,4,8,10H2,(H,17,20)(H,18,19). The molecule has 0 radical (unpaired) electrons. The van der Waals surface area contributed by atoms with E-state index in [9.17, 15) is 9.59 Å². The molecule has 1 aliphatic rings. The number of carbonyl (C=O) groups excluding carboxylic acids is 2. The minimum atomic E-state index is -0.202. The first-order valence-electron chi connectivity index (χ1n) is 7.04. The number of ether oxygens (including phenoxy) is 1. The number of benzene rings is 1. The fraction of sp³-hybridized carbons (Fsp3) is 0.250. The molecule has 2 heterocycles. The monoisotopic (exact) mass is 300 g/mol. The van der Waals surface area contributed by atoms with E-state index in [1.807, 2.05) is 6.07 Å². The molecule has 2 aromatic rings. The summed E-state index contributed by atoms with van der Waals surface area (Å²) in [4.78, 5) is 23.0. The summed E-state index contributed by atoms with van der Waals surface area (Å²) in [6, 6.07) is 7.19. The van der Waals surface area contributed by atoms with Crippen LogP contribution in [-0.4, -0.2) is 18.4 Å². The van der Waals surface area contributed by atoms with Crippen molar-refractivity contribution in [3.63, 3.8) is 0 Å². The highest BCUT2D eigenvalue weighted by molar-refractivity contribution is 5.94. The summed E-state index contributed by atoms with van der Waals surface area (Å²) in [5.74, 6) is 0.445. The van der Waals surface area contributed by atoms with Crippen LogP contribution < -0.4 is 15.4 Å². The molecule has 0 bridgehead atoms. The lowest BCUT2D eigenvalue weighted by atomic mass is 10.0. The Morgan fingerprint density at radius 1 is 1.32 bits per heavy atom. The van der Waals surface area contributed by atoms with Gasteiger partial charge in [0.25, 0.3) is 5.91 Å². The zero-order valence-electron chi connectivity index (χ0n) is 11.9. The molecule has 1 aromatic heterocycles. The fourth-order valence-electron chi connectivity index (χ4n) is 2.24. The van der Waals surface area contributed by atoms with Crippen molar-refractivity contribution in [1.29, 1.82) is 0 Å². The average Bonchev–Trinajstić information content (AvgIpc) is 3.04. The van der Waals surface area contributed by atoms with Gasteiger partial charge >= 0.3 is 0 Å². The summed E-state index contributed by atoms with van der Waals surface area (Å²) in [6.07, 6.45) is 4.30. The molecule has 22 heavy (non-hydrogen) atoms. The van der Waals surface area contributed by atoms with Crippen molar-refractivity contribution in [1.82, 2.24) is 5.32 Å². The molecule has 0 saturated carbocycles. The molecule has 2 amide bonds. The maximum Gasteiger partial charge on any atom is 0.258 e. The molecule has 3 rings (SSSR count). The van der Waals surface area contributed by atoms with Gasteiger partial charge in [-0.1, -0.05) is 0 Å². The van der Waals surface area contributed by atoms with Crippen molar-refractivity contribution >= 4 is 17.5 Å². The summed E-state index contributed by atoms with van der Waals surface area (Å²) >= 11 is 0. The van der Waals surface area contributed by atoms with Crippen molar-refractivity contribution < 1.29 is 18.7 Å². The number of rotatable bonds is 5. The highest BCUT2D eigenvalue weighted by Gasteiger charge is 2.15. The Labute approximate surface area is 127 Å². The van der Waals surface area contributed by atoms with Crippen LogP contribution in [0.25, 0.3) is 0 Å². The molecular weight excluding hydrogens is 284 g/mol. The summed E-state index contributed by atoms with van der Waals surface area (Å²) < 4.78 is 10.4. The summed E-state index contributed by atoms with van der Waals surface area (Å²) in [6.45, 7) is 0.359. The number of furan rings is 1. The van der Waals surface area contributed by atoms with Crippen molar-refractivity contribution in [3.05, 3.63) is 47.9 Å². The SMILES string of the molecule is O=C(COc1ccc2c(c1)CCC(=O)N2)NCc1ccoc1. The maximum absolute atomic E-state index is 11.7. The minimum absolute atomic E-state index is 0.0276. The van der Waals surface area contributed by atoms with Crippen LogP contribution in [0.5, 0.6) is 5.75 Å². The second-order valence-corrected chi connectivity index (χ2v) is 5.06. The van der Waals surface area contributed by atoms with Crippen LogP contribution >= 0.6 is 0 Å². The highest BCUT2D eigenvalue weighted by atomic mass is 16.5. The molecule has 114 valence electrons. The summed E-state index contributed by atoms with van der Waals surface area (Å²) in [5, 5.41) is 5.55. The van der Waals surface area contributed by atoms with Crippen LogP contribution in [0.4, 0.5) is 5.69 Å². The smallest absolute Gasteiger partial charge is 0.258 e. The number of hydrogen-bond donors (Lipinski definition) is 2. The van der Waals surface area contributed by atoms with Crippen molar-refractivity contribution in [2.24, 2.45) is 0 Å². The van der Waals surface area contributed by atoms with E-state index in [0.717, 1.165) is 16.8 Å². The molecule has 0 fully saturated rings. The number of hydrogen-bond acceptors (Lipinski definition) is 4. The van der Waals surface area contributed by atoms with Crippen LogP contribution in [-0.2, 0) is 22.6 Å². The number of amides is 2. The average molecular weight is 300 g/mol. The number of anilines is 1. The first-order valence-corrected chi connectivity index (χ1v) is 7.04. The first-order chi connectivity index (χ1) is 10.7. The van der Waals surface area contributed by atoms with E-state index < -0.39 is 0 Å². The van der Waals surface area contributed by atoms with Crippen LogP contribution in [0.2, 0.25) is 0 Å². The Morgan fingerprint density at radius 3 is 3.05 bits per heavy atom. The summed E-state index contributed by atoms with van der Waals surface area (Å²) in [7, 11) is 0. The topological polar surface area (TPSA) is 80.6 Å². The van der Waals surface area contributed by atoms with Crippen LogP contribution in [0.3, 0.4) is 0 Å². The third-order valence-corrected chi connectivity index (χ3v) is 3.41. The van der Waals surface area contributed by atoms with Gasteiger partial charge in [-0.2, -0.15) is 0 Å². The Bertz CT molecular complexity index is 679. The van der Waals surface area contributed by atoms with Gasteiger partial charge < -0.3 is 19.8 Å². The zero-order valence-corrected chi connectivity index (χ0v) is 11.9. The van der Waals surface area contributed by atoms with E-state index in [1.54, 1.807) is 30.7 Å². The van der Waals surface area contributed by atoms with Crippen LogP contribution in [0.1, 0.15) is 17.5 Å². The fourth-order valence-corrected chi connectivity index (χ4v) is 2.24. The Balaban J connectivity index is 1.51. The molecule has 6 heteroatoms. The van der Waals surface area contributed by atoms with Gasteiger partial charge in [-0.25, -0.2) is 0 Å². The molecule has 0 saturated heterocycles. The zero-order chi connectivity index (χ0) is 15.4. The molecule has 0 aliphatic carbocycles. The lowest BCUT2D eigenvalue weighted by Crippen LogP contribution is -2.28. The molecule has 1 aromatic carbocycles. The predicted molar refractivity (Wildman–Crippen MR) is 79.4 cm³/mol. The molecule has 0 atom stereocenters. The number of aryl methyl sites for hydroxylation is 1. The van der Waals surface area contributed by atoms with Crippen molar-refractivity contribution in [3.8, 4) is 5.75 Å². The van der Waals surface area contributed by atoms with Gasteiger partial charge in [0, 0.05) is 24.2 Å². The van der Waals surface area contributed by atoms with Gasteiger partial charge in [-0.05, 0) is 36.2 Å². The van der Waals surface area contributed by atoms with E-state index in [-0.39, 0.29) is 18.4 Å². The highest BCUT2D eigenvalue weighted by Crippen LogP contribution is 2.26. The van der Waals surface area contributed by atoms with Gasteiger partial charge in [0.15, 0.2) is 6.61 Å². The molecule has 2 N–H and O–H groups in total. The Kier molecular flexibility index (Phi) is 4.09. The number of carbonyl (C=O) groups is 2. The number of fused-ring (bicyclic) bond motifs is 1. The Hall–Kier alpha value is -2.76. The lowest BCUT2D eigenvalue weighted by Gasteiger charge is -2.17. The first kappa shape index (κ1) is 14.2. The van der Waals surface area contributed by atoms with E-state index in [4.69, 9.17) is 9.15 Å². The molecule has 6 nitrogen and oxygen atoms in total.